The molecule has 1 unspecified atom stereocenters. The lowest BCUT2D eigenvalue weighted by atomic mass is 9.59. The van der Waals surface area contributed by atoms with Crippen molar-refractivity contribution in [3.05, 3.63) is 63.5 Å². The largest absolute Gasteiger partial charge is 0.416 e. The van der Waals surface area contributed by atoms with E-state index in [1.165, 1.54) is 31.4 Å². The molecule has 3 aliphatic rings. The van der Waals surface area contributed by atoms with Gasteiger partial charge in [0.2, 0.25) is 0 Å². The number of halogens is 3. The third-order valence-corrected chi connectivity index (χ3v) is 15.0. The van der Waals surface area contributed by atoms with Crippen LogP contribution in [0.1, 0.15) is 148 Å². The van der Waals surface area contributed by atoms with Crippen LogP contribution in [-0.4, -0.2) is 19.1 Å². The number of rotatable bonds is 6. The van der Waals surface area contributed by atoms with Crippen LogP contribution in [0, 0.1) is 5.41 Å². The number of carbonyl (C=O) groups is 1. The molecule has 5 rings (SSSR count). The Balaban J connectivity index is 1.73. The summed E-state index contributed by atoms with van der Waals surface area (Å²) >= 11 is 0. The zero-order chi connectivity index (χ0) is 30.0. The van der Waals surface area contributed by atoms with Crippen LogP contribution in [0.2, 0.25) is 18.1 Å². The highest BCUT2D eigenvalue weighted by Crippen LogP contribution is 2.58. The minimum atomic E-state index is -4.45. The van der Waals surface area contributed by atoms with Crippen molar-refractivity contribution in [2.45, 2.75) is 135 Å². The van der Waals surface area contributed by atoms with Crippen molar-refractivity contribution in [2.24, 2.45) is 5.41 Å². The molecule has 1 spiro atoms. The molecular formula is C34H46F3NO2Si. The molecule has 3 aliphatic carbocycles. The van der Waals surface area contributed by atoms with Crippen molar-refractivity contribution in [3.63, 3.8) is 0 Å². The fourth-order valence-electron chi connectivity index (χ4n) is 7.05. The summed E-state index contributed by atoms with van der Waals surface area (Å²) in [4.78, 5) is 19.7. The maximum absolute atomic E-state index is 14.4. The van der Waals surface area contributed by atoms with E-state index < -0.39 is 20.1 Å². The van der Waals surface area contributed by atoms with E-state index in [2.05, 4.69) is 47.7 Å². The smallest absolute Gasteiger partial charge is 0.410 e. The SMILES string of the molecule is CC(C)c1nc2c(c(C3CCCC3)c1C(=O)c1ccc(C(F)(F)F)cc1)C(O[Si](C)(C)C(C)(C)C)CC1(CCC1)C2. The summed E-state index contributed by atoms with van der Waals surface area (Å²) in [5.41, 5.74) is 4.51. The number of nitrogens with zero attached hydrogens (tertiary/aromatic N) is 1. The second kappa shape index (κ2) is 10.6. The van der Waals surface area contributed by atoms with Gasteiger partial charge in [-0.05, 0) is 91.6 Å². The lowest BCUT2D eigenvalue weighted by Gasteiger charge is -2.51. The van der Waals surface area contributed by atoms with Gasteiger partial charge in [-0.2, -0.15) is 13.2 Å². The minimum absolute atomic E-state index is 0.00729. The summed E-state index contributed by atoms with van der Waals surface area (Å²) in [6.45, 7) is 15.5. The van der Waals surface area contributed by atoms with E-state index in [9.17, 15) is 18.0 Å². The van der Waals surface area contributed by atoms with Crippen LogP contribution in [0.5, 0.6) is 0 Å². The molecule has 0 aliphatic heterocycles. The molecule has 0 bridgehead atoms. The maximum atomic E-state index is 14.4. The first-order valence-electron chi connectivity index (χ1n) is 15.5. The number of alkyl halides is 3. The molecule has 0 saturated heterocycles. The van der Waals surface area contributed by atoms with Gasteiger partial charge in [0, 0.05) is 22.4 Å². The van der Waals surface area contributed by atoms with Gasteiger partial charge in [0.25, 0.3) is 0 Å². The van der Waals surface area contributed by atoms with Crippen molar-refractivity contribution >= 4 is 14.1 Å². The molecule has 224 valence electrons. The normalized spacial score (nSPS) is 21.3. The summed E-state index contributed by atoms with van der Waals surface area (Å²) in [6.07, 6.45) is 5.20. The molecule has 0 N–H and O–H groups in total. The van der Waals surface area contributed by atoms with Crippen LogP contribution in [0.4, 0.5) is 13.2 Å². The summed E-state index contributed by atoms with van der Waals surface area (Å²) in [6, 6.07) is 4.71. The second-order valence-electron chi connectivity index (χ2n) is 14.8. The molecule has 2 saturated carbocycles. The first-order chi connectivity index (χ1) is 19.0. The first-order valence-corrected chi connectivity index (χ1v) is 18.4. The molecule has 2 aromatic rings. The van der Waals surface area contributed by atoms with Crippen LogP contribution >= 0.6 is 0 Å². The van der Waals surface area contributed by atoms with Gasteiger partial charge in [0.05, 0.1) is 17.4 Å². The topological polar surface area (TPSA) is 39.2 Å². The highest BCUT2D eigenvalue weighted by atomic mass is 28.4. The molecule has 0 radical (unpaired) electrons. The number of fused-ring (bicyclic) bond motifs is 1. The van der Waals surface area contributed by atoms with Crippen LogP contribution in [-0.2, 0) is 17.0 Å². The molecule has 1 aromatic heterocycles. The summed E-state index contributed by atoms with van der Waals surface area (Å²) < 4.78 is 47.2. The van der Waals surface area contributed by atoms with Crippen molar-refractivity contribution in [1.82, 2.24) is 4.98 Å². The van der Waals surface area contributed by atoms with E-state index in [-0.39, 0.29) is 39.7 Å². The third kappa shape index (κ3) is 5.70. The Kier molecular flexibility index (Phi) is 7.89. The quantitative estimate of drug-likeness (QED) is 0.250. The number of benzene rings is 1. The summed E-state index contributed by atoms with van der Waals surface area (Å²) in [5, 5.41) is 0.0368. The molecular weight excluding hydrogens is 539 g/mol. The van der Waals surface area contributed by atoms with E-state index in [1.807, 2.05) is 0 Å². The van der Waals surface area contributed by atoms with Gasteiger partial charge in [-0.15, -0.1) is 0 Å². The van der Waals surface area contributed by atoms with E-state index in [0.29, 0.717) is 5.56 Å². The predicted molar refractivity (Wildman–Crippen MR) is 160 cm³/mol. The predicted octanol–water partition coefficient (Wildman–Crippen LogP) is 10.3. The van der Waals surface area contributed by atoms with E-state index in [1.54, 1.807) is 0 Å². The summed E-state index contributed by atoms with van der Waals surface area (Å²) in [7, 11) is -2.16. The lowest BCUT2D eigenvalue weighted by molar-refractivity contribution is -0.137. The molecule has 0 amide bonds. The van der Waals surface area contributed by atoms with Gasteiger partial charge >= 0.3 is 6.18 Å². The van der Waals surface area contributed by atoms with Crippen LogP contribution in [0.25, 0.3) is 0 Å². The summed E-state index contributed by atoms with van der Waals surface area (Å²) in [5.74, 6) is 0.0288. The Morgan fingerprint density at radius 3 is 2.10 bits per heavy atom. The van der Waals surface area contributed by atoms with Gasteiger partial charge in [0.15, 0.2) is 14.1 Å². The Hall–Kier alpha value is -1.99. The zero-order valence-electron chi connectivity index (χ0n) is 25.8. The van der Waals surface area contributed by atoms with Crippen LogP contribution in [0.15, 0.2) is 24.3 Å². The van der Waals surface area contributed by atoms with Crippen LogP contribution < -0.4 is 0 Å². The number of hydrogen-bond donors (Lipinski definition) is 0. The van der Waals surface area contributed by atoms with Crippen molar-refractivity contribution in [3.8, 4) is 0 Å². The Labute approximate surface area is 244 Å². The third-order valence-electron chi connectivity index (χ3n) is 10.5. The van der Waals surface area contributed by atoms with Gasteiger partial charge in [-0.1, -0.05) is 66.0 Å². The average molecular weight is 586 g/mol. The Morgan fingerprint density at radius 2 is 1.61 bits per heavy atom. The van der Waals surface area contributed by atoms with Gasteiger partial charge in [-0.3, -0.25) is 9.78 Å². The maximum Gasteiger partial charge on any atom is 0.416 e. The number of ketones is 1. The highest BCUT2D eigenvalue weighted by Gasteiger charge is 2.50. The highest BCUT2D eigenvalue weighted by molar-refractivity contribution is 6.74. The van der Waals surface area contributed by atoms with Gasteiger partial charge in [-0.25, -0.2) is 0 Å². The molecule has 41 heavy (non-hydrogen) atoms. The first kappa shape index (κ1) is 30.5. The molecule has 1 heterocycles. The molecule has 1 aromatic carbocycles. The molecule has 2 fully saturated rings. The molecule has 1 atom stereocenters. The number of aromatic nitrogens is 1. The zero-order valence-corrected chi connectivity index (χ0v) is 26.8. The number of carbonyl (C=O) groups excluding carboxylic acids is 1. The van der Waals surface area contributed by atoms with Gasteiger partial charge in [0.1, 0.15) is 0 Å². The van der Waals surface area contributed by atoms with E-state index in [0.717, 1.165) is 73.2 Å². The molecule has 3 nitrogen and oxygen atoms in total. The fourth-order valence-corrected chi connectivity index (χ4v) is 8.31. The van der Waals surface area contributed by atoms with Gasteiger partial charge < -0.3 is 4.43 Å². The van der Waals surface area contributed by atoms with E-state index >= 15 is 0 Å². The van der Waals surface area contributed by atoms with Crippen molar-refractivity contribution in [2.75, 3.05) is 0 Å². The second-order valence-corrected chi connectivity index (χ2v) is 19.5. The average Bonchev–Trinajstić information content (AvgIpc) is 3.39. The standard InChI is InChI=1S/C34H46F3NO2Si/c1-21(2)30-29(31(39)23-13-15-24(16-14-23)34(35,36)37)27(22-11-8-9-12-22)28-25(38-30)19-33(17-10-18-33)20-26(28)40-41(6,7)32(3,4)5/h13-16,21-22,26H,8-12,17-20H2,1-7H3. The minimum Gasteiger partial charge on any atom is -0.410 e. The Bertz CT molecular complexity index is 1300. The van der Waals surface area contributed by atoms with Crippen molar-refractivity contribution < 1.29 is 22.4 Å². The van der Waals surface area contributed by atoms with Crippen LogP contribution in [0.3, 0.4) is 0 Å². The fraction of sp³-hybridized carbons (Fsp3) is 0.647. The van der Waals surface area contributed by atoms with E-state index in [4.69, 9.17) is 9.41 Å². The number of hydrogen-bond acceptors (Lipinski definition) is 3. The molecule has 7 heteroatoms. The van der Waals surface area contributed by atoms with Crippen molar-refractivity contribution in [1.29, 1.82) is 0 Å². The lowest BCUT2D eigenvalue weighted by Crippen LogP contribution is -2.46. The monoisotopic (exact) mass is 585 g/mol. The number of pyridine rings is 1. The Morgan fingerprint density at radius 1 is 1.00 bits per heavy atom.